The summed E-state index contributed by atoms with van der Waals surface area (Å²) in [6.45, 7) is 5.38. The number of rotatable bonds is 3. The Bertz CT molecular complexity index is 276. The molecule has 0 radical (unpaired) electrons. The quantitative estimate of drug-likeness (QED) is 0.837. The SMILES string of the molecule is CC1CCCN(C(=O)N(CCN)C2CCCC2)C1. The van der Waals surface area contributed by atoms with Crippen LogP contribution in [0.15, 0.2) is 0 Å². The Morgan fingerprint density at radius 2 is 2.00 bits per heavy atom. The maximum absolute atomic E-state index is 12.6. The molecule has 2 N–H and O–H groups in total. The number of carbonyl (C=O) groups excluding carboxylic acids is 1. The van der Waals surface area contributed by atoms with Gasteiger partial charge in [-0.05, 0) is 31.6 Å². The minimum atomic E-state index is 0.235. The van der Waals surface area contributed by atoms with Gasteiger partial charge in [0, 0.05) is 32.2 Å². The van der Waals surface area contributed by atoms with E-state index in [9.17, 15) is 4.79 Å². The van der Waals surface area contributed by atoms with E-state index >= 15 is 0 Å². The fourth-order valence-electron chi connectivity index (χ4n) is 3.33. The van der Waals surface area contributed by atoms with Crippen LogP contribution in [-0.2, 0) is 0 Å². The van der Waals surface area contributed by atoms with Crippen LogP contribution in [0.4, 0.5) is 4.79 Å². The molecule has 104 valence electrons. The number of likely N-dealkylation sites (tertiary alicyclic amines) is 1. The molecule has 2 aliphatic rings. The van der Waals surface area contributed by atoms with E-state index < -0.39 is 0 Å². The monoisotopic (exact) mass is 253 g/mol. The highest BCUT2D eigenvalue weighted by Gasteiger charge is 2.30. The first-order valence-electron chi connectivity index (χ1n) is 7.48. The lowest BCUT2D eigenvalue weighted by molar-refractivity contribution is 0.116. The lowest BCUT2D eigenvalue weighted by Gasteiger charge is -2.38. The highest BCUT2D eigenvalue weighted by Crippen LogP contribution is 2.25. The molecule has 0 bridgehead atoms. The largest absolute Gasteiger partial charge is 0.329 e. The molecule has 4 heteroatoms. The van der Waals surface area contributed by atoms with Crippen LogP contribution in [-0.4, -0.2) is 48.1 Å². The molecule has 1 unspecified atom stereocenters. The number of nitrogens with two attached hydrogens (primary N) is 1. The predicted octanol–water partition coefficient (Wildman–Crippen LogP) is 2.04. The topological polar surface area (TPSA) is 49.6 Å². The van der Waals surface area contributed by atoms with Gasteiger partial charge in [0.15, 0.2) is 0 Å². The second kappa shape index (κ2) is 6.41. The third-order valence-electron chi connectivity index (χ3n) is 4.31. The summed E-state index contributed by atoms with van der Waals surface area (Å²) in [5.41, 5.74) is 5.68. The number of hydrogen-bond acceptors (Lipinski definition) is 2. The molecule has 0 aromatic rings. The Labute approximate surface area is 110 Å². The standard InChI is InChI=1S/C14H27N3O/c1-12-5-4-9-16(11-12)14(18)17(10-8-15)13-6-2-3-7-13/h12-13H,2-11,15H2,1H3. The van der Waals surface area contributed by atoms with Gasteiger partial charge < -0.3 is 15.5 Å². The molecule has 1 saturated carbocycles. The van der Waals surface area contributed by atoms with Gasteiger partial charge in [-0.2, -0.15) is 0 Å². The van der Waals surface area contributed by atoms with Gasteiger partial charge in [0.25, 0.3) is 0 Å². The van der Waals surface area contributed by atoms with Crippen LogP contribution < -0.4 is 5.73 Å². The molecule has 1 atom stereocenters. The summed E-state index contributed by atoms with van der Waals surface area (Å²) in [7, 11) is 0. The van der Waals surface area contributed by atoms with Crippen LogP contribution in [0.3, 0.4) is 0 Å². The van der Waals surface area contributed by atoms with Crippen molar-refractivity contribution in [3.8, 4) is 0 Å². The van der Waals surface area contributed by atoms with Crippen molar-refractivity contribution >= 4 is 6.03 Å². The van der Waals surface area contributed by atoms with Crippen molar-refractivity contribution < 1.29 is 4.79 Å². The molecule has 2 rings (SSSR count). The summed E-state index contributed by atoms with van der Waals surface area (Å²) in [6, 6.07) is 0.678. The lowest BCUT2D eigenvalue weighted by atomic mass is 10.0. The maximum Gasteiger partial charge on any atom is 0.320 e. The fourth-order valence-corrected chi connectivity index (χ4v) is 3.33. The summed E-state index contributed by atoms with van der Waals surface area (Å²) < 4.78 is 0. The molecule has 4 nitrogen and oxygen atoms in total. The zero-order valence-electron chi connectivity index (χ0n) is 11.6. The highest BCUT2D eigenvalue weighted by molar-refractivity contribution is 5.75. The summed E-state index contributed by atoms with van der Waals surface area (Å²) in [4.78, 5) is 16.7. The van der Waals surface area contributed by atoms with Gasteiger partial charge in [0.2, 0.25) is 0 Å². The van der Waals surface area contributed by atoms with Crippen molar-refractivity contribution in [2.24, 2.45) is 11.7 Å². The molecule has 1 aliphatic heterocycles. The van der Waals surface area contributed by atoms with E-state index in [1.54, 1.807) is 0 Å². The number of urea groups is 1. The van der Waals surface area contributed by atoms with Gasteiger partial charge in [-0.15, -0.1) is 0 Å². The first-order valence-corrected chi connectivity index (χ1v) is 7.48. The van der Waals surface area contributed by atoms with Gasteiger partial charge in [0.05, 0.1) is 0 Å². The molecule has 1 aliphatic carbocycles. The molecular formula is C14H27N3O. The smallest absolute Gasteiger partial charge is 0.320 e. The molecule has 18 heavy (non-hydrogen) atoms. The fraction of sp³-hybridized carbons (Fsp3) is 0.929. The Balaban J connectivity index is 1.97. The van der Waals surface area contributed by atoms with Crippen molar-refractivity contribution in [2.75, 3.05) is 26.2 Å². The number of amides is 2. The second-order valence-electron chi connectivity index (χ2n) is 5.90. The van der Waals surface area contributed by atoms with E-state index in [0.717, 1.165) is 32.4 Å². The van der Waals surface area contributed by atoms with Crippen LogP contribution in [0.25, 0.3) is 0 Å². The van der Waals surface area contributed by atoms with Crippen molar-refractivity contribution in [1.29, 1.82) is 0 Å². The van der Waals surface area contributed by atoms with Crippen molar-refractivity contribution in [3.05, 3.63) is 0 Å². The summed E-state index contributed by atoms with van der Waals surface area (Å²) >= 11 is 0. The molecule has 0 aromatic heterocycles. The minimum Gasteiger partial charge on any atom is -0.329 e. The molecule has 2 amide bonds. The molecule has 0 aromatic carbocycles. The number of hydrogen-bond donors (Lipinski definition) is 1. The predicted molar refractivity (Wildman–Crippen MR) is 73.4 cm³/mol. The normalized spacial score (nSPS) is 25.4. The Morgan fingerprint density at radius 3 is 2.61 bits per heavy atom. The average molecular weight is 253 g/mol. The third kappa shape index (κ3) is 3.16. The summed E-state index contributed by atoms with van der Waals surface area (Å²) in [6.07, 6.45) is 7.24. The zero-order valence-corrected chi connectivity index (χ0v) is 11.6. The maximum atomic E-state index is 12.6. The van der Waals surface area contributed by atoms with Gasteiger partial charge in [-0.1, -0.05) is 19.8 Å². The van der Waals surface area contributed by atoms with E-state index in [0.29, 0.717) is 25.0 Å². The first kappa shape index (κ1) is 13.7. The minimum absolute atomic E-state index is 0.235. The van der Waals surface area contributed by atoms with E-state index in [1.165, 1.54) is 19.3 Å². The molecular weight excluding hydrogens is 226 g/mol. The van der Waals surface area contributed by atoms with Crippen LogP contribution in [0, 0.1) is 5.92 Å². The van der Waals surface area contributed by atoms with Crippen molar-refractivity contribution in [2.45, 2.75) is 51.5 Å². The number of carbonyl (C=O) groups is 1. The molecule has 1 saturated heterocycles. The van der Waals surface area contributed by atoms with Crippen LogP contribution in [0.2, 0.25) is 0 Å². The average Bonchev–Trinajstić information content (AvgIpc) is 2.89. The summed E-state index contributed by atoms with van der Waals surface area (Å²) in [5.74, 6) is 0.644. The number of nitrogens with zero attached hydrogens (tertiary/aromatic N) is 2. The molecule has 0 spiro atoms. The van der Waals surface area contributed by atoms with E-state index in [1.807, 2.05) is 9.80 Å². The van der Waals surface area contributed by atoms with Gasteiger partial charge >= 0.3 is 6.03 Å². The van der Waals surface area contributed by atoms with Crippen molar-refractivity contribution in [3.63, 3.8) is 0 Å². The van der Waals surface area contributed by atoms with Gasteiger partial charge in [-0.25, -0.2) is 4.79 Å². The van der Waals surface area contributed by atoms with Crippen LogP contribution in [0.1, 0.15) is 45.4 Å². The van der Waals surface area contributed by atoms with Gasteiger partial charge in [0.1, 0.15) is 0 Å². The second-order valence-corrected chi connectivity index (χ2v) is 5.90. The lowest BCUT2D eigenvalue weighted by Crippen LogP contribution is -2.51. The highest BCUT2D eigenvalue weighted by atomic mass is 16.2. The third-order valence-corrected chi connectivity index (χ3v) is 4.31. The Kier molecular flexibility index (Phi) is 4.87. The Hall–Kier alpha value is -0.770. The van der Waals surface area contributed by atoms with Crippen molar-refractivity contribution in [1.82, 2.24) is 9.80 Å². The van der Waals surface area contributed by atoms with Crippen LogP contribution >= 0.6 is 0 Å². The Morgan fingerprint density at radius 1 is 1.28 bits per heavy atom. The molecule has 1 heterocycles. The summed E-state index contributed by atoms with van der Waals surface area (Å²) in [5, 5.41) is 0. The zero-order chi connectivity index (χ0) is 13.0. The van der Waals surface area contributed by atoms with E-state index in [4.69, 9.17) is 5.73 Å². The first-order chi connectivity index (χ1) is 8.72. The molecule has 2 fully saturated rings. The van der Waals surface area contributed by atoms with Gasteiger partial charge in [-0.3, -0.25) is 0 Å². The van der Waals surface area contributed by atoms with E-state index in [-0.39, 0.29) is 6.03 Å². The number of piperidine rings is 1. The van der Waals surface area contributed by atoms with E-state index in [2.05, 4.69) is 6.92 Å². The van der Waals surface area contributed by atoms with Crippen LogP contribution in [0.5, 0.6) is 0 Å².